The molecule has 1 atom stereocenters. The van der Waals surface area contributed by atoms with E-state index in [-0.39, 0.29) is 0 Å². The summed E-state index contributed by atoms with van der Waals surface area (Å²) < 4.78 is 0. The molecule has 0 spiro atoms. The van der Waals surface area contributed by atoms with Crippen LogP contribution >= 0.6 is 0 Å². The zero-order valence-electron chi connectivity index (χ0n) is 26.3. The highest BCUT2D eigenvalue weighted by molar-refractivity contribution is 5.91. The predicted octanol–water partition coefficient (Wildman–Crippen LogP) is 9.38. The van der Waals surface area contributed by atoms with Crippen LogP contribution in [0.25, 0.3) is 54.8 Å². The first kappa shape index (κ1) is 29.2. The highest BCUT2D eigenvalue weighted by atomic mass is 15.0. The molecule has 8 aromatic rings. The van der Waals surface area contributed by atoms with Gasteiger partial charge in [0, 0.05) is 11.8 Å². The van der Waals surface area contributed by atoms with E-state index in [2.05, 4.69) is 143 Å². The number of aromatic nitrogens is 2. The molecule has 230 valence electrons. The molecule has 7 aromatic carbocycles. The van der Waals surface area contributed by atoms with E-state index in [4.69, 9.17) is 15.7 Å². The number of benzene rings is 7. The number of nitrogens with one attached hydrogen (secondary N) is 1. The van der Waals surface area contributed by atoms with Crippen LogP contribution < -0.4 is 11.4 Å². The van der Waals surface area contributed by atoms with Crippen LogP contribution in [0, 0.1) is 0 Å². The number of rotatable bonds is 7. The lowest BCUT2D eigenvalue weighted by atomic mass is 10.0. The van der Waals surface area contributed by atoms with Crippen LogP contribution in [0.3, 0.4) is 0 Å². The van der Waals surface area contributed by atoms with Crippen molar-refractivity contribution in [1.29, 1.82) is 0 Å². The van der Waals surface area contributed by atoms with Crippen LogP contribution in [0.5, 0.6) is 0 Å². The molecule has 8 rings (SSSR count). The van der Waals surface area contributed by atoms with Gasteiger partial charge < -0.3 is 10.7 Å². The molecule has 0 aliphatic rings. The van der Waals surface area contributed by atoms with Crippen molar-refractivity contribution in [2.45, 2.75) is 12.7 Å². The Morgan fingerprint density at radius 1 is 0.583 bits per heavy atom. The molecule has 1 heterocycles. The Balaban J connectivity index is 1.14. The van der Waals surface area contributed by atoms with Crippen molar-refractivity contribution in [3.05, 3.63) is 180 Å². The monoisotopic (exact) mass is 619 g/mol. The van der Waals surface area contributed by atoms with E-state index in [0.29, 0.717) is 12.2 Å². The van der Waals surface area contributed by atoms with Crippen LogP contribution in [0.15, 0.2) is 168 Å². The molecule has 5 nitrogen and oxygen atoms in total. The number of hydrogen-bond acceptors (Lipinski definition) is 4. The largest absolute Gasteiger partial charge is 0.324 e. The molecule has 1 unspecified atom stereocenters. The zero-order valence-corrected chi connectivity index (χ0v) is 26.3. The second-order valence-corrected chi connectivity index (χ2v) is 12.0. The quantitative estimate of drug-likeness (QED) is 0.174. The van der Waals surface area contributed by atoms with Gasteiger partial charge in [0.1, 0.15) is 6.17 Å². The minimum absolute atomic E-state index is 0.474. The number of nitrogens with zero attached hydrogens (tertiary/aromatic N) is 3. The molecule has 0 amide bonds. The standard InChI is InChI=1S/C43H33N5/c44-42(39-21-18-35-22-30(14-15-36(35)25-39)28-45-27-29-8-2-1-3-9-29)48-43-46-40(37-19-16-31-10-4-6-12-33(31)23-37)26-41(47-43)38-20-17-32-11-5-7-13-34(32)24-38/h1-26,28,42H,27,44H2,(H,46,47,48)/b45-28+. The SMILES string of the molecule is NC(/N=c1/nc(-c2ccc3ccccc3c2)cc(-c2ccc3ccccc3c2)[nH]1)c1ccc2cc(/C=N/Cc3ccccc3)ccc2c1. The number of aromatic amines is 1. The maximum atomic E-state index is 6.75. The Morgan fingerprint density at radius 3 is 1.96 bits per heavy atom. The first-order chi connectivity index (χ1) is 23.6. The molecule has 3 N–H and O–H groups in total. The fourth-order valence-electron chi connectivity index (χ4n) is 6.13. The van der Waals surface area contributed by atoms with Crippen molar-refractivity contribution in [1.82, 2.24) is 9.97 Å². The van der Waals surface area contributed by atoms with Gasteiger partial charge in [-0.1, -0.05) is 127 Å². The molecule has 0 saturated carbocycles. The number of aliphatic imine (C=N–C) groups is 1. The average Bonchev–Trinajstić information content (AvgIpc) is 3.14. The van der Waals surface area contributed by atoms with Gasteiger partial charge in [0.2, 0.25) is 5.62 Å². The van der Waals surface area contributed by atoms with Crippen LogP contribution in [-0.4, -0.2) is 16.2 Å². The third-order valence-electron chi connectivity index (χ3n) is 8.71. The first-order valence-corrected chi connectivity index (χ1v) is 16.1. The molecule has 0 fully saturated rings. The third kappa shape index (κ3) is 6.27. The van der Waals surface area contributed by atoms with Crippen molar-refractivity contribution < 1.29 is 0 Å². The van der Waals surface area contributed by atoms with Gasteiger partial charge in [-0.25, -0.2) is 9.98 Å². The van der Waals surface area contributed by atoms with E-state index in [0.717, 1.165) is 49.8 Å². The van der Waals surface area contributed by atoms with Crippen LogP contribution in [0.2, 0.25) is 0 Å². The number of fused-ring (bicyclic) bond motifs is 3. The smallest absolute Gasteiger partial charge is 0.225 e. The summed E-state index contributed by atoms with van der Waals surface area (Å²) in [5.74, 6) is 0. The Morgan fingerprint density at radius 2 is 1.19 bits per heavy atom. The van der Waals surface area contributed by atoms with Crippen molar-refractivity contribution >= 4 is 38.5 Å². The summed E-state index contributed by atoms with van der Waals surface area (Å²) in [7, 11) is 0. The van der Waals surface area contributed by atoms with Crippen molar-refractivity contribution in [3.63, 3.8) is 0 Å². The third-order valence-corrected chi connectivity index (χ3v) is 8.71. The summed E-state index contributed by atoms with van der Waals surface area (Å²) in [4.78, 5) is 18.0. The van der Waals surface area contributed by atoms with Crippen molar-refractivity contribution in [2.24, 2.45) is 15.7 Å². The van der Waals surface area contributed by atoms with E-state index in [9.17, 15) is 0 Å². The lowest BCUT2D eigenvalue weighted by molar-refractivity contribution is 0.724. The minimum atomic E-state index is -0.610. The molecule has 48 heavy (non-hydrogen) atoms. The molecular formula is C43H33N5. The van der Waals surface area contributed by atoms with Gasteiger partial charge in [-0.15, -0.1) is 0 Å². The van der Waals surface area contributed by atoms with Gasteiger partial charge in [-0.3, -0.25) is 4.99 Å². The average molecular weight is 620 g/mol. The summed E-state index contributed by atoms with van der Waals surface area (Å²) in [6.45, 7) is 0.657. The summed E-state index contributed by atoms with van der Waals surface area (Å²) in [5.41, 5.74) is 14.2. The highest BCUT2D eigenvalue weighted by Crippen LogP contribution is 2.28. The molecule has 1 aromatic heterocycles. The lowest BCUT2D eigenvalue weighted by Gasteiger charge is -2.11. The minimum Gasteiger partial charge on any atom is -0.324 e. The molecule has 0 aliphatic heterocycles. The lowest BCUT2D eigenvalue weighted by Crippen LogP contribution is -2.20. The second-order valence-electron chi connectivity index (χ2n) is 12.0. The molecule has 0 aliphatic carbocycles. The first-order valence-electron chi connectivity index (χ1n) is 16.1. The van der Waals surface area contributed by atoms with E-state index in [1.54, 1.807) is 0 Å². The molecular weight excluding hydrogens is 587 g/mol. The summed E-state index contributed by atoms with van der Waals surface area (Å²) >= 11 is 0. The van der Waals surface area contributed by atoms with Gasteiger partial charge in [-0.2, -0.15) is 0 Å². The van der Waals surface area contributed by atoms with Gasteiger partial charge in [0.25, 0.3) is 0 Å². The van der Waals surface area contributed by atoms with Gasteiger partial charge in [0.05, 0.1) is 17.9 Å². The number of hydrogen-bond donors (Lipinski definition) is 2. The Labute approximate surface area is 278 Å². The second kappa shape index (κ2) is 12.9. The maximum absolute atomic E-state index is 6.75. The van der Waals surface area contributed by atoms with E-state index in [1.165, 1.54) is 21.7 Å². The van der Waals surface area contributed by atoms with Gasteiger partial charge in [0.15, 0.2) is 0 Å². The number of nitrogens with two attached hydrogens (primary N) is 1. The normalized spacial score (nSPS) is 12.7. The fourth-order valence-corrected chi connectivity index (χ4v) is 6.13. The van der Waals surface area contributed by atoms with Crippen LogP contribution in [0.1, 0.15) is 22.9 Å². The Hall–Kier alpha value is -6.17. The van der Waals surface area contributed by atoms with Crippen LogP contribution in [-0.2, 0) is 6.54 Å². The topological polar surface area (TPSA) is 79.4 Å². The molecule has 0 saturated heterocycles. The summed E-state index contributed by atoms with van der Waals surface area (Å²) in [5, 5.41) is 6.93. The van der Waals surface area contributed by atoms with E-state index in [1.807, 2.05) is 30.5 Å². The van der Waals surface area contributed by atoms with E-state index < -0.39 is 6.17 Å². The summed E-state index contributed by atoms with van der Waals surface area (Å²) in [6.07, 6.45) is 1.32. The number of H-pyrrole nitrogens is 1. The molecule has 0 bridgehead atoms. The fraction of sp³-hybridized carbons (Fsp3) is 0.0465. The van der Waals surface area contributed by atoms with Crippen LogP contribution in [0.4, 0.5) is 0 Å². The van der Waals surface area contributed by atoms with Gasteiger partial charge in [-0.05, 0) is 84.9 Å². The van der Waals surface area contributed by atoms with Crippen molar-refractivity contribution in [2.75, 3.05) is 0 Å². The molecule has 5 heteroatoms. The Bertz CT molecular complexity index is 2410. The zero-order chi connectivity index (χ0) is 32.3. The Kier molecular flexibility index (Phi) is 7.87. The van der Waals surface area contributed by atoms with Gasteiger partial charge >= 0.3 is 0 Å². The maximum Gasteiger partial charge on any atom is 0.225 e. The highest BCUT2D eigenvalue weighted by Gasteiger charge is 2.10. The van der Waals surface area contributed by atoms with E-state index >= 15 is 0 Å². The van der Waals surface area contributed by atoms with Crippen molar-refractivity contribution in [3.8, 4) is 22.5 Å². The summed E-state index contributed by atoms with van der Waals surface area (Å²) in [6, 6.07) is 54.6. The predicted molar refractivity (Wildman–Crippen MR) is 199 cm³/mol. The molecule has 0 radical (unpaired) electrons.